The summed E-state index contributed by atoms with van der Waals surface area (Å²) in [5.41, 5.74) is -0.0254. The summed E-state index contributed by atoms with van der Waals surface area (Å²) in [5.74, 6) is 0. The van der Waals surface area contributed by atoms with Gasteiger partial charge in [-0.15, -0.1) is 0 Å². The van der Waals surface area contributed by atoms with Gasteiger partial charge in [-0.2, -0.15) is 0 Å². The van der Waals surface area contributed by atoms with Gasteiger partial charge in [0.05, 0.1) is 24.9 Å². The highest BCUT2D eigenvalue weighted by molar-refractivity contribution is 4.87. The van der Waals surface area contributed by atoms with E-state index in [1.165, 1.54) is 0 Å². The molecule has 2 aliphatic rings. The quantitative estimate of drug-likeness (QED) is 0.824. The predicted octanol–water partition coefficient (Wildman–Crippen LogP) is 1.25. The van der Waals surface area contributed by atoms with Crippen LogP contribution in [0.25, 0.3) is 0 Å². The van der Waals surface area contributed by atoms with Crippen LogP contribution in [0.15, 0.2) is 0 Å². The standard InChI is InChI=1S/C14H28N2O2/c1-11(7-13-9-17-6-5-15-13)16-8-12(2)18-14(3,4)10-16/h11-13,15H,5-10H2,1-4H3. The molecule has 2 heterocycles. The maximum atomic E-state index is 5.96. The zero-order valence-electron chi connectivity index (χ0n) is 12.2. The molecule has 2 saturated heterocycles. The Morgan fingerprint density at radius 3 is 2.83 bits per heavy atom. The zero-order valence-corrected chi connectivity index (χ0v) is 12.2. The van der Waals surface area contributed by atoms with Gasteiger partial charge in [-0.25, -0.2) is 0 Å². The first kappa shape index (κ1) is 14.3. The fourth-order valence-electron chi connectivity index (χ4n) is 3.17. The Bertz CT molecular complexity index is 265. The fourth-order valence-corrected chi connectivity index (χ4v) is 3.17. The molecule has 0 aliphatic carbocycles. The van der Waals surface area contributed by atoms with Gasteiger partial charge in [0.1, 0.15) is 0 Å². The molecule has 0 aromatic carbocycles. The summed E-state index contributed by atoms with van der Waals surface area (Å²) in [5, 5.41) is 3.54. The molecule has 1 N–H and O–H groups in total. The normalized spacial score (nSPS) is 35.3. The molecule has 2 rings (SSSR count). The van der Waals surface area contributed by atoms with Crippen molar-refractivity contribution in [2.45, 2.75) is 57.9 Å². The van der Waals surface area contributed by atoms with Crippen LogP contribution in [0.3, 0.4) is 0 Å². The van der Waals surface area contributed by atoms with Crippen LogP contribution in [0.4, 0.5) is 0 Å². The van der Waals surface area contributed by atoms with E-state index in [1.807, 2.05) is 0 Å². The largest absolute Gasteiger partial charge is 0.379 e. The molecular weight excluding hydrogens is 228 g/mol. The third kappa shape index (κ3) is 3.92. The summed E-state index contributed by atoms with van der Waals surface area (Å²) in [6.45, 7) is 13.6. The molecule has 3 unspecified atom stereocenters. The second kappa shape index (κ2) is 5.87. The number of hydrogen-bond acceptors (Lipinski definition) is 4. The molecule has 18 heavy (non-hydrogen) atoms. The Hall–Kier alpha value is -0.160. The van der Waals surface area contributed by atoms with Crippen molar-refractivity contribution in [3.63, 3.8) is 0 Å². The maximum absolute atomic E-state index is 5.96. The number of nitrogens with zero attached hydrogens (tertiary/aromatic N) is 1. The maximum Gasteiger partial charge on any atom is 0.0757 e. The molecule has 0 bridgehead atoms. The molecule has 3 atom stereocenters. The Labute approximate surface area is 111 Å². The van der Waals surface area contributed by atoms with E-state index in [2.05, 4.69) is 37.9 Å². The lowest BCUT2D eigenvalue weighted by atomic mass is 10.0. The lowest BCUT2D eigenvalue weighted by molar-refractivity contribution is -0.138. The van der Waals surface area contributed by atoms with Gasteiger partial charge in [0, 0.05) is 31.7 Å². The molecule has 4 heteroatoms. The van der Waals surface area contributed by atoms with Crippen LogP contribution >= 0.6 is 0 Å². The van der Waals surface area contributed by atoms with E-state index in [4.69, 9.17) is 9.47 Å². The average Bonchev–Trinajstić information content (AvgIpc) is 2.27. The van der Waals surface area contributed by atoms with Crippen molar-refractivity contribution in [3.8, 4) is 0 Å². The number of ether oxygens (including phenoxy) is 2. The molecule has 0 amide bonds. The first-order valence-corrected chi connectivity index (χ1v) is 7.19. The smallest absolute Gasteiger partial charge is 0.0757 e. The van der Waals surface area contributed by atoms with Crippen molar-refractivity contribution in [1.82, 2.24) is 10.2 Å². The van der Waals surface area contributed by atoms with E-state index in [1.54, 1.807) is 0 Å². The highest BCUT2D eigenvalue weighted by Gasteiger charge is 2.34. The monoisotopic (exact) mass is 256 g/mol. The lowest BCUT2D eigenvalue weighted by Crippen LogP contribution is -2.56. The molecule has 106 valence electrons. The summed E-state index contributed by atoms with van der Waals surface area (Å²) >= 11 is 0. The average molecular weight is 256 g/mol. The number of hydrogen-bond donors (Lipinski definition) is 1. The summed E-state index contributed by atoms with van der Waals surface area (Å²) in [4.78, 5) is 2.56. The van der Waals surface area contributed by atoms with Gasteiger partial charge in [-0.3, -0.25) is 4.90 Å². The molecule has 0 aromatic rings. The predicted molar refractivity (Wildman–Crippen MR) is 72.9 cm³/mol. The van der Waals surface area contributed by atoms with E-state index in [0.29, 0.717) is 18.2 Å². The molecule has 2 aliphatic heterocycles. The van der Waals surface area contributed by atoms with Gasteiger partial charge in [0.25, 0.3) is 0 Å². The Balaban J connectivity index is 1.85. The summed E-state index contributed by atoms with van der Waals surface area (Å²) in [6, 6.07) is 1.09. The van der Waals surface area contributed by atoms with Gasteiger partial charge in [-0.05, 0) is 34.1 Å². The third-order valence-electron chi connectivity index (χ3n) is 3.84. The zero-order chi connectivity index (χ0) is 13.2. The van der Waals surface area contributed by atoms with Gasteiger partial charge in [0.2, 0.25) is 0 Å². The Morgan fingerprint density at radius 2 is 2.22 bits per heavy atom. The van der Waals surface area contributed by atoms with Crippen LogP contribution in [0, 0.1) is 0 Å². The minimum atomic E-state index is -0.0254. The van der Waals surface area contributed by atoms with Crippen molar-refractivity contribution < 1.29 is 9.47 Å². The molecule has 0 spiro atoms. The van der Waals surface area contributed by atoms with Gasteiger partial charge >= 0.3 is 0 Å². The van der Waals surface area contributed by atoms with Crippen molar-refractivity contribution >= 4 is 0 Å². The van der Waals surface area contributed by atoms with E-state index in [0.717, 1.165) is 39.3 Å². The second-order valence-corrected chi connectivity index (χ2v) is 6.43. The molecule has 2 fully saturated rings. The van der Waals surface area contributed by atoms with Crippen LogP contribution in [-0.2, 0) is 9.47 Å². The van der Waals surface area contributed by atoms with Crippen LogP contribution in [0.2, 0.25) is 0 Å². The molecule has 4 nitrogen and oxygen atoms in total. The van der Waals surface area contributed by atoms with Gasteiger partial charge < -0.3 is 14.8 Å². The Morgan fingerprint density at radius 1 is 1.44 bits per heavy atom. The highest BCUT2D eigenvalue weighted by Crippen LogP contribution is 2.23. The number of morpholine rings is 2. The van der Waals surface area contributed by atoms with Crippen LogP contribution in [0.1, 0.15) is 34.1 Å². The molecular formula is C14H28N2O2. The minimum absolute atomic E-state index is 0.0254. The van der Waals surface area contributed by atoms with E-state index in [-0.39, 0.29) is 5.60 Å². The number of nitrogens with one attached hydrogen (secondary N) is 1. The Kier molecular flexibility index (Phi) is 4.64. The van der Waals surface area contributed by atoms with Crippen molar-refractivity contribution in [1.29, 1.82) is 0 Å². The second-order valence-electron chi connectivity index (χ2n) is 6.43. The SMILES string of the molecule is CC1CN(C(C)CC2COCCN2)CC(C)(C)O1. The topological polar surface area (TPSA) is 33.7 Å². The molecule has 0 aromatic heterocycles. The van der Waals surface area contributed by atoms with Crippen LogP contribution in [0.5, 0.6) is 0 Å². The third-order valence-corrected chi connectivity index (χ3v) is 3.84. The van der Waals surface area contributed by atoms with Crippen molar-refractivity contribution in [2.24, 2.45) is 0 Å². The molecule has 0 radical (unpaired) electrons. The summed E-state index contributed by atoms with van der Waals surface area (Å²) in [7, 11) is 0. The highest BCUT2D eigenvalue weighted by atomic mass is 16.5. The summed E-state index contributed by atoms with van der Waals surface area (Å²) < 4.78 is 11.5. The van der Waals surface area contributed by atoms with Crippen LogP contribution in [-0.4, -0.2) is 61.5 Å². The molecule has 0 saturated carbocycles. The first-order valence-electron chi connectivity index (χ1n) is 7.19. The van der Waals surface area contributed by atoms with E-state index < -0.39 is 0 Å². The van der Waals surface area contributed by atoms with E-state index >= 15 is 0 Å². The number of rotatable bonds is 3. The van der Waals surface area contributed by atoms with Crippen molar-refractivity contribution in [2.75, 3.05) is 32.8 Å². The summed E-state index contributed by atoms with van der Waals surface area (Å²) in [6.07, 6.45) is 1.48. The van der Waals surface area contributed by atoms with Gasteiger partial charge in [-0.1, -0.05) is 0 Å². The van der Waals surface area contributed by atoms with E-state index in [9.17, 15) is 0 Å². The fraction of sp³-hybridized carbons (Fsp3) is 1.00. The minimum Gasteiger partial charge on any atom is -0.379 e. The lowest BCUT2D eigenvalue weighted by Gasteiger charge is -2.45. The first-order chi connectivity index (χ1) is 8.46. The van der Waals surface area contributed by atoms with Crippen LogP contribution < -0.4 is 5.32 Å². The van der Waals surface area contributed by atoms with Crippen molar-refractivity contribution in [3.05, 3.63) is 0 Å². The van der Waals surface area contributed by atoms with Gasteiger partial charge in [0.15, 0.2) is 0 Å².